The molecule has 0 aliphatic carbocycles. The number of aromatic nitrogens is 1. The zero-order valence-electron chi connectivity index (χ0n) is 11.4. The number of benzene rings is 1. The molecule has 0 bridgehead atoms. The van der Waals surface area contributed by atoms with Gasteiger partial charge in [0.25, 0.3) is 0 Å². The summed E-state index contributed by atoms with van der Waals surface area (Å²) in [5.41, 5.74) is 1.13. The van der Waals surface area contributed by atoms with Crippen molar-refractivity contribution >= 4 is 17.6 Å². The van der Waals surface area contributed by atoms with E-state index in [0.29, 0.717) is 6.54 Å². The van der Waals surface area contributed by atoms with Gasteiger partial charge in [0, 0.05) is 17.5 Å². The van der Waals surface area contributed by atoms with Crippen LogP contribution in [0.15, 0.2) is 40.3 Å². The van der Waals surface area contributed by atoms with Crippen LogP contribution in [0.4, 0.5) is 14.6 Å². The molecule has 5 heteroatoms. The second kappa shape index (κ2) is 6.70. The van der Waals surface area contributed by atoms with E-state index in [-0.39, 0.29) is 10.8 Å². The van der Waals surface area contributed by atoms with Crippen molar-refractivity contribution in [1.29, 1.82) is 0 Å². The normalized spacial score (nSPS) is 10.6. The average molecular weight is 294 g/mol. The van der Waals surface area contributed by atoms with Crippen molar-refractivity contribution in [3.05, 3.63) is 47.5 Å². The summed E-state index contributed by atoms with van der Waals surface area (Å²) in [6.07, 6.45) is 0.846. The molecule has 0 fully saturated rings. The summed E-state index contributed by atoms with van der Waals surface area (Å²) in [7, 11) is 0. The Morgan fingerprint density at radius 2 is 1.85 bits per heavy atom. The van der Waals surface area contributed by atoms with Crippen molar-refractivity contribution < 1.29 is 8.78 Å². The predicted molar refractivity (Wildman–Crippen MR) is 78.2 cm³/mol. The number of rotatable bonds is 5. The van der Waals surface area contributed by atoms with E-state index >= 15 is 0 Å². The number of pyridine rings is 1. The van der Waals surface area contributed by atoms with Crippen LogP contribution < -0.4 is 5.32 Å². The quantitative estimate of drug-likeness (QED) is 0.869. The highest BCUT2D eigenvalue weighted by Crippen LogP contribution is 2.30. The van der Waals surface area contributed by atoms with Gasteiger partial charge in [0.1, 0.15) is 5.03 Å². The minimum atomic E-state index is -0.663. The lowest BCUT2D eigenvalue weighted by atomic mass is 10.2. The second-order valence-corrected chi connectivity index (χ2v) is 5.51. The van der Waals surface area contributed by atoms with Gasteiger partial charge in [-0.05, 0) is 25.5 Å². The molecule has 0 aliphatic rings. The van der Waals surface area contributed by atoms with Crippen LogP contribution in [0.3, 0.4) is 0 Å². The second-order valence-electron chi connectivity index (χ2n) is 4.45. The van der Waals surface area contributed by atoms with Gasteiger partial charge in [-0.2, -0.15) is 0 Å². The maximum absolute atomic E-state index is 13.8. The van der Waals surface area contributed by atoms with E-state index in [4.69, 9.17) is 0 Å². The van der Waals surface area contributed by atoms with E-state index in [1.54, 1.807) is 0 Å². The van der Waals surface area contributed by atoms with Crippen LogP contribution in [0, 0.1) is 18.6 Å². The number of nitrogens with one attached hydrogen (secondary N) is 1. The first kappa shape index (κ1) is 14.8. The SMILES string of the molecule is CCCNc1nc(Sc2ccc(C)cc2)c(F)cc1F. The molecule has 0 unspecified atom stereocenters. The molecule has 2 nitrogen and oxygen atoms in total. The van der Waals surface area contributed by atoms with Crippen LogP contribution in [0.5, 0.6) is 0 Å². The molecule has 2 aromatic rings. The molecule has 1 aromatic carbocycles. The molecule has 0 saturated heterocycles. The summed E-state index contributed by atoms with van der Waals surface area (Å²) < 4.78 is 27.3. The number of anilines is 1. The van der Waals surface area contributed by atoms with Gasteiger partial charge in [0.05, 0.1) is 0 Å². The molecule has 0 amide bonds. The van der Waals surface area contributed by atoms with Crippen LogP contribution in [-0.4, -0.2) is 11.5 Å². The maximum atomic E-state index is 13.8. The van der Waals surface area contributed by atoms with Gasteiger partial charge in [-0.1, -0.05) is 36.4 Å². The lowest BCUT2D eigenvalue weighted by Gasteiger charge is -2.09. The van der Waals surface area contributed by atoms with Crippen molar-refractivity contribution in [3.63, 3.8) is 0 Å². The Labute approximate surface area is 121 Å². The van der Waals surface area contributed by atoms with E-state index in [2.05, 4.69) is 10.3 Å². The third kappa shape index (κ3) is 3.70. The van der Waals surface area contributed by atoms with Gasteiger partial charge in [-0.3, -0.25) is 0 Å². The Balaban J connectivity index is 2.24. The number of halogens is 2. The summed E-state index contributed by atoms with van der Waals surface area (Å²) in [6, 6.07) is 8.55. The van der Waals surface area contributed by atoms with Gasteiger partial charge < -0.3 is 5.32 Å². The molecular formula is C15H16F2N2S. The van der Waals surface area contributed by atoms with Crippen molar-refractivity contribution in [2.45, 2.75) is 30.2 Å². The van der Waals surface area contributed by atoms with E-state index in [1.807, 2.05) is 38.1 Å². The smallest absolute Gasteiger partial charge is 0.168 e. The molecule has 1 aromatic heterocycles. The van der Waals surface area contributed by atoms with E-state index in [1.165, 1.54) is 11.8 Å². The largest absolute Gasteiger partial charge is 0.368 e. The Bertz CT molecular complexity index is 585. The van der Waals surface area contributed by atoms with Crippen LogP contribution in [0.25, 0.3) is 0 Å². The van der Waals surface area contributed by atoms with E-state index < -0.39 is 11.6 Å². The molecule has 0 spiro atoms. The molecule has 0 aliphatic heterocycles. The monoisotopic (exact) mass is 294 g/mol. The molecular weight excluding hydrogens is 278 g/mol. The van der Waals surface area contributed by atoms with Crippen molar-refractivity contribution in [2.24, 2.45) is 0 Å². The predicted octanol–water partition coefficient (Wildman–Crippen LogP) is 4.64. The van der Waals surface area contributed by atoms with Crippen LogP contribution >= 0.6 is 11.8 Å². The summed E-state index contributed by atoms with van der Waals surface area (Å²) >= 11 is 1.19. The van der Waals surface area contributed by atoms with Crippen molar-refractivity contribution in [3.8, 4) is 0 Å². The minimum absolute atomic E-state index is 0.0999. The first-order chi connectivity index (χ1) is 9.60. The number of hydrogen-bond acceptors (Lipinski definition) is 3. The highest BCUT2D eigenvalue weighted by molar-refractivity contribution is 7.99. The van der Waals surface area contributed by atoms with Gasteiger partial charge in [-0.15, -0.1) is 0 Å². The Kier molecular flexibility index (Phi) is 4.95. The summed E-state index contributed by atoms with van der Waals surface area (Å²) in [4.78, 5) is 4.90. The third-order valence-electron chi connectivity index (χ3n) is 2.68. The van der Waals surface area contributed by atoms with E-state index in [0.717, 1.165) is 22.9 Å². The summed E-state index contributed by atoms with van der Waals surface area (Å²) in [6.45, 7) is 4.55. The molecule has 0 radical (unpaired) electrons. The van der Waals surface area contributed by atoms with Crippen LogP contribution in [0.1, 0.15) is 18.9 Å². The molecule has 0 saturated carbocycles. The van der Waals surface area contributed by atoms with Gasteiger partial charge in [0.2, 0.25) is 0 Å². The number of aryl methyl sites for hydroxylation is 1. The minimum Gasteiger partial charge on any atom is -0.368 e. The number of nitrogens with zero attached hydrogens (tertiary/aromatic N) is 1. The van der Waals surface area contributed by atoms with Gasteiger partial charge >= 0.3 is 0 Å². The molecule has 0 atom stereocenters. The van der Waals surface area contributed by atoms with Crippen molar-refractivity contribution in [1.82, 2.24) is 4.98 Å². The highest BCUT2D eigenvalue weighted by Gasteiger charge is 2.12. The molecule has 106 valence electrons. The molecule has 2 rings (SSSR count). The zero-order valence-corrected chi connectivity index (χ0v) is 12.2. The van der Waals surface area contributed by atoms with Crippen LogP contribution in [0.2, 0.25) is 0 Å². The third-order valence-corrected chi connectivity index (χ3v) is 3.66. The molecule has 1 heterocycles. The fraction of sp³-hybridized carbons (Fsp3) is 0.267. The fourth-order valence-corrected chi connectivity index (χ4v) is 2.40. The first-order valence-corrected chi connectivity index (χ1v) is 7.26. The Morgan fingerprint density at radius 3 is 2.50 bits per heavy atom. The standard InChI is InChI=1S/C15H16F2N2S/c1-3-8-18-14-12(16)9-13(17)15(19-14)20-11-6-4-10(2)5-7-11/h4-7,9H,3,8H2,1-2H3,(H,18,19). The summed E-state index contributed by atoms with van der Waals surface area (Å²) in [5, 5.41) is 3.03. The lowest BCUT2D eigenvalue weighted by Crippen LogP contribution is -2.06. The molecule has 20 heavy (non-hydrogen) atoms. The fourth-order valence-electron chi connectivity index (χ4n) is 1.61. The molecule has 1 N–H and O–H groups in total. The Hall–Kier alpha value is -1.62. The summed E-state index contributed by atoms with van der Waals surface area (Å²) in [5.74, 6) is -1.21. The maximum Gasteiger partial charge on any atom is 0.168 e. The lowest BCUT2D eigenvalue weighted by molar-refractivity contribution is 0.551. The highest BCUT2D eigenvalue weighted by atomic mass is 32.2. The topological polar surface area (TPSA) is 24.9 Å². The van der Waals surface area contributed by atoms with E-state index in [9.17, 15) is 8.78 Å². The van der Waals surface area contributed by atoms with Gasteiger partial charge in [-0.25, -0.2) is 13.8 Å². The van der Waals surface area contributed by atoms with Crippen molar-refractivity contribution in [2.75, 3.05) is 11.9 Å². The van der Waals surface area contributed by atoms with Gasteiger partial charge in [0.15, 0.2) is 17.5 Å². The zero-order chi connectivity index (χ0) is 14.5. The average Bonchev–Trinajstić information content (AvgIpc) is 2.43. The van der Waals surface area contributed by atoms with Crippen LogP contribution in [-0.2, 0) is 0 Å². The first-order valence-electron chi connectivity index (χ1n) is 6.44. The number of hydrogen-bond donors (Lipinski definition) is 1. The Morgan fingerprint density at radius 1 is 1.15 bits per heavy atom.